The summed E-state index contributed by atoms with van der Waals surface area (Å²) in [5, 5.41) is 0. The van der Waals surface area contributed by atoms with Gasteiger partial charge in [0.25, 0.3) is 0 Å². The van der Waals surface area contributed by atoms with Crippen molar-refractivity contribution in [1.82, 2.24) is 0 Å². The van der Waals surface area contributed by atoms with E-state index in [4.69, 9.17) is 4.74 Å². The highest BCUT2D eigenvalue weighted by molar-refractivity contribution is 5.57. The first-order valence-corrected chi connectivity index (χ1v) is 8.80. The molecule has 0 saturated carbocycles. The molecule has 2 nitrogen and oxygen atoms in total. The molecule has 0 amide bonds. The van der Waals surface area contributed by atoms with Crippen LogP contribution in [0.5, 0.6) is 5.75 Å². The van der Waals surface area contributed by atoms with Crippen molar-refractivity contribution >= 4 is 5.69 Å². The van der Waals surface area contributed by atoms with Crippen molar-refractivity contribution in [3.8, 4) is 17.6 Å². The summed E-state index contributed by atoms with van der Waals surface area (Å²) < 4.78 is 5.40. The van der Waals surface area contributed by atoms with Crippen molar-refractivity contribution < 1.29 is 4.74 Å². The molecule has 2 aromatic carbocycles. The molecule has 2 aromatic rings. The monoisotopic (exact) mass is 319 g/mol. The summed E-state index contributed by atoms with van der Waals surface area (Å²) in [5.74, 6) is 7.83. The Morgan fingerprint density at radius 2 is 2.04 bits per heavy atom. The van der Waals surface area contributed by atoms with Crippen molar-refractivity contribution in [1.29, 1.82) is 0 Å². The van der Waals surface area contributed by atoms with Crippen molar-refractivity contribution in [2.45, 2.75) is 38.6 Å². The van der Waals surface area contributed by atoms with Crippen LogP contribution in [0.3, 0.4) is 0 Å². The van der Waals surface area contributed by atoms with E-state index < -0.39 is 0 Å². The second-order valence-electron chi connectivity index (χ2n) is 6.17. The molecule has 3 rings (SSSR count). The topological polar surface area (TPSA) is 12.5 Å². The Hall–Kier alpha value is -2.40. The van der Waals surface area contributed by atoms with Crippen LogP contribution in [-0.4, -0.2) is 13.7 Å². The maximum absolute atomic E-state index is 5.40. The molecule has 0 aromatic heterocycles. The van der Waals surface area contributed by atoms with Gasteiger partial charge < -0.3 is 9.64 Å². The number of methoxy groups -OCH3 is 1. The number of hydrogen-bond donors (Lipinski definition) is 0. The summed E-state index contributed by atoms with van der Waals surface area (Å²) in [4.78, 5) is 2.41. The lowest BCUT2D eigenvalue weighted by Crippen LogP contribution is -2.34. The summed E-state index contributed by atoms with van der Waals surface area (Å²) in [6.45, 7) is 3.19. The Bertz CT molecular complexity index is 741. The van der Waals surface area contributed by atoms with Crippen LogP contribution in [0.25, 0.3) is 0 Å². The lowest BCUT2D eigenvalue weighted by Gasteiger charge is -2.36. The minimum atomic E-state index is 0.124. The zero-order valence-corrected chi connectivity index (χ0v) is 14.6. The van der Waals surface area contributed by atoms with Gasteiger partial charge in [-0.15, -0.1) is 5.92 Å². The molecule has 0 fully saturated rings. The van der Waals surface area contributed by atoms with Gasteiger partial charge in [0.2, 0.25) is 0 Å². The number of benzene rings is 2. The molecular formula is C22H25NO. The van der Waals surface area contributed by atoms with E-state index in [1.54, 1.807) is 7.11 Å². The first-order valence-electron chi connectivity index (χ1n) is 8.80. The molecule has 24 heavy (non-hydrogen) atoms. The fourth-order valence-electron chi connectivity index (χ4n) is 3.22. The van der Waals surface area contributed by atoms with E-state index in [1.165, 1.54) is 29.7 Å². The highest BCUT2D eigenvalue weighted by Gasteiger charge is 2.26. The second kappa shape index (κ2) is 7.93. The van der Waals surface area contributed by atoms with Gasteiger partial charge in [0.05, 0.1) is 7.11 Å². The minimum absolute atomic E-state index is 0.124. The van der Waals surface area contributed by atoms with Crippen LogP contribution >= 0.6 is 0 Å². The zero-order valence-electron chi connectivity index (χ0n) is 14.6. The second-order valence-corrected chi connectivity index (χ2v) is 6.17. The Kier molecular flexibility index (Phi) is 5.43. The van der Waals surface area contributed by atoms with E-state index in [9.17, 15) is 0 Å². The van der Waals surface area contributed by atoms with Gasteiger partial charge in [-0.05, 0) is 36.1 Å². The van der Waals surface area contributed by atoms with E-state index in [2.05, 4.69) is 66.1 Å². The summed E-state index contributed by atoms with van der Waals surface area (Å²) in [6, 6.07) is 17.1. The Morgan fingerprint density at radius 1 is 1.17 bits per heavy atom. The molecule has 1 heterocycles. The Morgan fingerprint density at radius 3 is 2.88 bits per heavy atom. The van der Waals surface area contributed by atoms with Gasteiger partial charge in [-0.2, -0.15) is 0 Å². The molecule has 0 saturated heterocycles. The van der Waals surface area contributed by atoms with Gasteiger partial charge in [-0.3, -0.25) is 0 Å². The predicted octanol–water partition coefficient (Wildman–Crippen LogP) is 4.99. The average molecular weight is 319 g/mol. The maximum atomic E-state index is 5.40. The third kappa shape index (κ3) is 3.57. The Labute approximate surface area is 145 Å². The van der Waals surface area contributed by atoms with E-state index in [1.807, 2.05) is 6.07 Å². The number of ether oxygens (including phenoxy) is 1. The number of anilines is 1. The standard InChI is InChI=1S/C22H25NO/c1-3-4-5-6-14-22-21-13-8-7-10-18(21)15-16-23(22)19-11-9-12-20(17-19)24-2/h7-13,17,22H,3-5,15-16H2,1-2H3/t22-/m0/s1. The smallest absolute Gasteiger partial charge is 0.120 e. The molecule has 1 atom stereocenters. The highest BCUT2D eigenvalue weighted by Crippen LogP contribution is 2.34. The molecule has 0 radical (unpaired) electrons. The molecule has 124 valence electrons. The van der Waals surface area contributed by atoms with Gasteiger partial charge in [-0.25, -0.2) is 0 Å². The van der Waals surface area contributed by atoms with Crippen LogP contribution in [0.15, 0.2) is 48.5 Å². The first kappa shape index (κ1) is 16.5. The number of rotatable bonds is 4. The largest absolute Gasteiger partial charge is 0.497 e. The molecule has 2 heteroatoms. The third-order valence-corrected chi connectivity index (χ3v) is 4.56. The summed E-state index contributed by atoms with van der Waals surface area (Å²) >= 11 is 0. The predicted molar refractivity (Wildman–Crippen MR) is 101 cm³/mol. The number of hydrogen-bond acceptors (Lipinski definition) is 2. The minimum Gasteiger partial charge on any atom is -0.497 e. The van der Waals surface area contributed by atoms with Gasteiger partial charge in [0.15, 0.2) is 0 Å². The quantitative estimate of drug-likeness (QED) is 0.581. The number of nitrogens with zero attached hydrogens (tertiary/aromatic N) is 1. The summed E-state index contributed by atoms with van der Waals surface area (Å²) in [5.41, 5.74) is 3.95. The molecule has 0 spiro atoms. The first-order chi connectivity index (χ1) is 11.8. The van der Waals surface area contributed by atoms with Crippen LogP contribution < -0.4 is 9.64 Å². The molecule has 1 aliphatic heterocycles. The maximum Gasteiger partial charge on any atom is 0.120 e. The highest BCUT2D eigenvalue weighted by atomic mass is 16.5. The lowest BCUT2D eigenvalue weighted by atomic mass is 9.92. The van der Waals surface area contributed by atoms with Gasteiger partial charge in [0, 0.05) is 24.7 Å². The van der Waals surface area contributed by atoms with Crippen LogP contribution in [0.1, 0.15) is 43.4 Å². The van der Waals surface area contributed by atoms with E-state index in [0.29, 0.717) is 0 Å². The Balaban J connectivity index is 1.95. The fourth-order valence-corrected chi connectivity index (χ4v) is 3.22. The van der Waals surface area contributed by atoms with Crippen molar-refractivity contribution in [2.24, 2.45) is 0 Å². The van der Waals surface area contributed by atoms with E-state index in [0.717, 1.165) is 25.1 Å². The van der Waals surface area contributed by atoms with Crippen molar-refractivity contribution in [3.63, 3.8) is 0 Å². The molecule has 0 unspecified atom stereocenters. The van der Waals surface area contributed by atoms with E-state index >= 15 is 0 Å². The molecule has 0 N–H and O–H groups in total. The van der Waals surface area contributed by atoms with Crippen LogP contribution in [0.4, 0.5) is 5.69 Å². The van der Waals surface area contributed by atoms with Gasteiger partial charge in [0.1, 0.15) is 11.8 Å². The molecule has 0 bridgehead atoms. The number of fused-ring (bicyclic) bond motifs is 1. The molecule has 1 aliphatic rings. The van der Waals surface area contributed by atoms with Crippen molar-refractivity contribution in [2.75, 3.05) is 18.6 Å². The van der Waals surface area contributed by atoms with Gasteiger partial charge in [-0.1, -0.05) is 49.6 Å². The summed E-state index contributed by atoms with van der Waals surface area (Å²) in [7, 11) is 1.71. The zero-order chi connectivity index (χ0) is 16.8. The summed E-state index contributed by atoms with van der Waals surface area (Å²) in [6.07, 6.45) is 4.39. The van der Waals surface area contributed by atoms with E-state index in [-0.39, 0.29) is 6.04 Å². The SMILES string of the molecule is CCCCC#C[C@H]1c2ccccc2CCN1c1cccc(OC)c1. The molecule has 0 aliphatic carbocycles. The molecular weight excluding hydrogens is 294 g/mol. The average Bonchev–Trinajstić information content (AvgIpc) is 2.65. The normalized spacial score (nSPS) is 16.1. The van der Waals surface area contributed by atoms with Crippen LogP contribution in [0.2, 0.25) is 0 Å². The lowest BCUT2D eigenvalue weighted by molar-refractivity contribution is 0.414. The van der Waals surface area contributed by atoms with Gasteiger partial charge >= 0.3 is 0 Å². The number of unbranched alkanes of at least 4 members (excludes halogenated alkanes) is 2. The van der Waals surface area contributed by atoms with Crippen LogP contribution in [0, 0.1) is 11.8 Å². The van der Waals surface area contributed by atoms with Crippen molar-refractivity contribution in [3.05, 3.63) is 59.7 Å². The fraction of sp³-hybridized carbons (Fsp3) is 0.364. The third-order valence-electron chi connectivity index (χ3n) is 4.56. The van der Waals surface area contributed by atoms with Crippen LogP contribution in [-0.2, 0) is 6.42 Å².